The Hall–Kier alpha value is -1.41. The fraction of sp³-hybridized carbons (Fsp3) is 0.100. The third-order valence-electron chi connectivity index (χ3n) is 1.88. The molecule has 60 valence electrons. The van der Waals surface area contributed by atoms with E-state index in [1.807, 2.05) is 30.5 Å². The molecule has 2 rings (SSSR count). The molecule has 1 aromatic heterocycles. The summed E-state index contributed by atoms with van der Waals surface area (Å²) in [5.74, 6) is 0. The fourth-order valence-corrected chi connectivity index (χ4v) is 1.23. The summed E-state index contributed by atoms with van der Waals surface area (Å²) in [7, 11) is 0. The van der Waals surface area contributed by atoms with Crippen molar-refractivity contribution in [2.24, 2.45) is 5.73 Å². The number of nitrogens with zero attached hydrogens (tertiary/aromatic N) is 1. The van der Waals surface area contributed by atoms with Crippen LogP contribution in [0.15, 0.2) is 36.5 Å². The minimum atomic E-state index is 0.553. The summed E-state index contributed by atoms with van der Waals surface area (Å²) in [6.07, 6.45) is 1.82. The quantitative estimate of drug-likeness (QED) is 0.686. The second kappa shape index (κ2) is 2.91. The maximum Gasteiger partial charge on any atom is 0.0702 e. The summed E-state index contributed by atoms with van der Waals surface area (Å²) in [6.45, 7) is 0.553. The van der Waals surface area contributed by atoms with E-state index in [9.17, 15) is 0 Å². The molecule has 0 fully saturated rings. The molecule has 1 aromatic carbocycles. The molecular weight excluding hydrogens is 148 g/mol. The molecule has 2 N–H and O–H groups in total. The number of benzene rings is 1. The van der Waals surface area contributed by atoms with Crippen LogP contribution in [0, 0.1) is 0 Å². The zero-order valence-corrected chi connectivity index (χ0v) is 6.70. The molecule has 0 saturated carbocycles. The zero-order valence-electron chi connectivity index (χ0n) is 6.70. The smallest absolute Gasteiger partial charge is 0.0702 e. The topological polar surface area (TPSA) is 38.9 Å². The molecule has 0 aliphatic rings. The Balaban J connectivity index is 2.67. The van der Waals surface area contributed by atoms with Crippen LogP contribution in [0.2, 0.25) is 0 Å². The van der Waals surface area contributed by atoms with Gasteiger partial charge in [0.15, 0.2) is 0 Å². The molecule has 0 amide bonds. The van der Waals surface area contributed by atoms with E-state index in [2.05, 4.69) is 11.1 Å². The van der Waals surface area contributed by atoms with Crippen LogP contribution in [-0.2, 0) is 6.54 Å². The average molecular weight is 158 g/mol. The van der Waals surface area contributed by atoms with Gasteiger partial charge in [-0.1, -0.05) is 18.2 Å². The highest BCUT2D eigenvalue weighted by atomic mass is 14.7. The average Bonchev–Trinajstić information content (AvgIpc) is 2.17. The second-order valence-corrected chi connectivity index (χ2v) is 2.74. The molecule has 2 aromatic rings. The standard InChI is InChI=1S/C10H10N2/c11-6-8-5-9-3-1-2-4-10(9)12-7-8/h1-5,7H,6,11H2. The molecule has 1 heterocycles. The SMILES string of the molecule is NCc1cnc2ccccc2c1. The van der Waals surface area contributed by atoms with Gasteiger partial charge in [-0.2, -0.15) is 0 Å². The Labute approximate surface area is 71.0 Å². The summed E-state index contributed by atoms with van der Waals surface area (Å²) in [5.41, 5.74) is 7.60. The number of hydrogen-bond acceptors (Lipinski definition) is 2. The highest BCUT2D eigenvalue weighted by molar-refractivity contribution is 5.78. The van der Waals surface area contributed by atoms with Gasteiger partial charge in [0, 0.05) is 18.1 Å². The van der Waals surface area contributed by atoms with E-state index in [-0.39, 0.29) is 0 Å². The maximum atomic E-state index is 5.50. The van der Waals surface area contributed by atoms with E-state index in [1.54, 1.807) is 0 Å². The molecule has 0 saturated heterocycles. The third kappa shape index (κ3) is 1.17. The molecule has 0 unspecified atom stereocenters. The van der Waals surface area contributed by atoms with Gasteiger partial charge in [0.2, 0.25) is 0 Å². The monoisotopic (exact) mass is 158 g/mol. The third-order valence-corrected chi connectivity index (χ3v) is 1.88. The fourth-order valence-electron chi connectivity index (χ4n) is 1.23. The van der Waals surface area contributed by atoms with Gasteiger partial charge in [-0.05, 0) is 17.7 Å². The highest BCUT2D eigenvalue weighted by Gasteiger charge is 1.93. The highest BCUT2D eigenvalue weighted by Crippen LogP contribution is 2.11. The van der Waals surface area contributed by atoms with Crippen molar-refractivity contribution in [1.29, 1.82) is 0 Å². The minimum absolute atomic E-state index is 0.553. The Bertz CT molecular complexity index is 396. The van der Waals surface area contributed by atoms with Crippen molar-refractivity contribution in [1.82, 2.24) is 4.98 Å². The Kier molecular flexibility index (Phi) is 1.76. The Morgan fingerprint density at radius 1 is 1.25 bits per heavy atom. The molecule has 12 heavy (non-hydrogen) atoms. The second-order valence-electron chi connectivity index (χ2n) is 2.74. The predicted octanol–water partition coefficient (Wildman–Crippen LogP) is 1.69. The molecule has 0 bridgehead atoms. The van der Waals surface area contributed by atoms with Gasteiger partial charge < -0.3 is 5.73 Å². The number of rotatable bonds is 1. The van der Waals surface area contributed by atoms with Crippen LogP contribution >= 0.6 is 0 Å². The Morgan fingerprint density at radius 3 is 2.92 bits per heavy atom. The molecular formula is C10H10N2. The van der Waals surface area contributed by atoms with Crippen LogP contribution < -0.4 is 5.73 Å². The van der Waals surface area contributed by atoms with E-state index in [0.717, 1.165) is 16.5 Å². The first kappa shape index (κ1) is 7.25. The molecule has 0 radical (unpaired) electrons. The van der Waals surface area contributed by atoms with Gasteiger partial charge in [0.1, 0.15) is 0 Å². The summed E-state index contributed by atoms with van der Waals surface area (Å²) in [4.78, 5) is 4.27. The molecule has 2 nitrogen and oxygen atoms in total. The van der Waals surface area contributed by atoms with Crippen LogP contribution in [0.25, 0.3) is 10.9 Å². The van der Waals surface area contributed by atoms with E-state index >= 15 is 0 Å². The number of aromatic nitrogens is 1. The van der Waals surface area contributed by atoms with Crippen LogP contribution in [-0.4, -0.2) is 4.98 Å². The summed E-state index contributed by atoms with van der Waals surface area (Å²) < 4.78 is 0. The van der Waals surface area contributed by atoms with Gasteiger partial charge >= 0.3 is 0 Å². The number of para-hydroxylation sites is 1. The molecule has 0 atom stereocenters. The van der Waals surface area contributed by atoms with Gasteiger partial charge in [-0.25, -0.2) is 0 Å². The van der Waals surface area contributed by atoms with Crippen LogP contribution in [0.5, 0.6) is 0 Å². The predicted molar refractivity (Wildman–Crippen MR) is 49.6 cm³/mol. The lowest BCUT2D eigenvalue weighted by Gasteiger charge is -1.98. The number of nitrogens with two attached hydrogens (primary N) is 1. The Morgan fingerprint density at radius 2 is 2.08 bits per heavy atom. The molecule has 0 aliphatic heterocycles. The lowest BCUT2D eigenvalue weighted by atomic mass is 10.2. The lowest BCUT2D eigenvalue weighted by Crippen LogP contribution is -1.96. The van der Waals surface area contributed by atoms with Crippen molar-refractivity contribution in [3.8, 4) is 0 Å². The number of pyridine rings is 1. The number of hydrogen-bond donors (Lipinski definition) is 1. The van der Waals surface area contributed by atoms with Gasteiger partial charge in [0.05, 0.1) is 5.52 Å². The van der Waals surface area contributed by atoms with Crippen LogP contribution in [0.4, 0.5) is 0 Å². The van der Waals surface area contributed by atoms with E-state index in [4.69, 9.17) is 5.73 Å². The minimum Gasteiger partial charge on any atom is -0.326 e. The summed E-state index contributed by atoms with van der Waals surface area (Å²) >= 11 is 0. The summed E-state index contributed by atoms with van der Waals surface area (Å²) in [5, 5.41) is 1.15. The van der Waals surface area contributed by atoms with E-state index < -0.39 is 0 Å². The van der Waals surface area contributed by atoms with Crippen molar-refractivity contribution in [2.75, 3.05) is 0 Å². The zero-order chi connectivity index (χ0) is 8.39. The lowest BCUT2D eigenvalue weighted by molar-refractivity contribution is 1.06. The van der Waals surface area contributed by atoms with Crippen molar-refractivity contribution >= 4 is 10.9 Å². The first-order valence-electron chi connectivity index (χ1n) is 3.94. The first-order valence-corrected chi connectivity index (χ1v) is 3.94. The molecule has 0 aliphatic carbocycles. The van der Waals surface area contributed by atoms with Crippen molar-refractivity contribution in [2.45, 2.75) is 6.54 Å². The maximum absolute atomic E-state index is 5.50. The summed E-state index contributed by atoms with van der Waals surface area (Å²) in [6, 6.07) is 10.1. The molecule has 0 spiro atoms. The first-order chi connectivity index (χ1) is 5.90. The van der Waals surface area contributed by atoms with Crippen LogP contribution in [0.3, 0.4) is 0 Å². The number of fused-ring (bicyclic) bond motifs is 1. The molecule has 2 heteroatoms. The van der Waals surface area contributed by atoms with Crippen molar-refractivity contribution in [3.63, 3.8) is 0 Å². The van der Waals surface area contributed by atoms with Crippen LogP contribution in [0.1, 0.15) is 5.56 Å². The van der Waals surface area contributed by atoms with Gasteiger partial charge in [-0.3, -0.25) is 4.98 Å². The van der Waals surface area contributed by atoms with Crippen molar-refractivity contribution in [3.05, 3.63) is 42.1 Å². The van der Waals surface area contributed by atoms with Crippen molar-refractivity contribution < 1.29 is 0 Å². The van der Waals surface area contributed by atoms with E-state index in [0.29, 0.717) is 6.54 Å². The largest absolute Gasteiger partial charge is 0.326 e. The van der Waals surface area contributed by atoms with E-state index in [1.165, 1.54) is 0 Å². The van der Waals surface area contributed by atoms with Gasteiger partial charge in [0.25, 0.3) is 0 Å². The van der Waals surface area contributed by atoms with Gasteiger partial charge in [-0.15, -0.1) is 0 Å². The normalized spacial score (nSPS) is 10.4.